The second kappa shape index (κ2) is 8.10. The molecule has 0 N–H and O–H groups in total. The summed E-state index contributed by atoms with van der Waals surface area (Å²) in [4.78, 5) is 0. The third kappa shape index (κ3) is 7.90. The Morgan fingerprint density at radius 3 is 2.45 bits per heavy atom. The van der Waals surface area contributed by atoms with E-state index in [4.69, 9.17) is 0 Å². The molecule has 1 radical (unpaired) electrons. The highest BCUT2D eigenvalue weighted by atomic mass is 14.0. The summed E-state index contributed by atoms with van der Waals surface area (Å²) in [6.07, 6.45) is 10.6. The standard InChI is InChI=1S/C11H23/c1-4-6-7-8-10-11(3)9-5-2/h4,11H,5-10H2,1-3H3. The van der Waals surface area contributed by atoms with Gasteiger partial charge in [-0.2, -0.15) is 0 Å². The minimum Gasteiger partial charge on any atom is -0.0654 e. The van der Waals surface area contributed by atoms with Crippen LogP contribution in [0.4, 0.5) is 0 Å². The minimum absolute atomic E-state index is 0.955. The summed E-state index contributed by atoms with van der Waals surface area (Å²) in [6.45, 7) is 6.80. The first-order chi connectivity index (χ1) is 5.31. The lowest BCUT2D eigenvalue weighted by atomic mass is 9.98. The molecule has 0 aromatic heterocycles. The zero-order valence-electron chi connectivity index (χ0n) is 8.40. The molecular formula is C11H23. The lowest BCUT2D eigenvalue weighted by Crippen LogP contribution is -1.93. The first-order valence-electron chi connectivity index (χ1n) is 5.09. The van der Waals surface area contributed by atoms with Crippen molar-refractivity contribution in [3.63, 3.8) is 0 Å². The average Bonchev–Trinajstić information content (AvgIpc) is 1.99. The van der Waals surface area contributed by atoms with E-state index in [1.165, 1.54) is 38.5 Å². The van der Waals surface area contributed by atoms with Crippen LogP contribution in [0.5, 0.6) is 0 Å². The Morgan fingerprint density at radius 2 is 1.91 bits per heavy atom. The molecule has 1 atom stereocenters. The van der Waals surface area contributed by atoms with Gasteiger partial charge in [0.25, 0.3) is 0 Å². The molecule has 0 aliphatic heterocycles. The van der Waals surface area contributed by atoms with Gasteiger partial charge in [-0.1, -0.05) is 59.3 Å². The van der Waals surface area contributed by atoms with E-state index in [1.807, 2.05) is 0 Å². The number of unbranched alkanes of at least 4 members (excludes halogenated alkanes) is 3. The van der Waals surface area contributed by atoms with Gasteiger partial charge in [-0.25, -0.2) is 0 Å². The summed E-state index contributed by atoms with van der Waals surface area (Å²) in [6, 6.07) is 0. The van der Waals surface area contributed by atoms with E-state index < -0.39 is 0 Å². The zero-order chi connectivity index (χ0) is 8.53. The molecule has 0 aromatic carbocycles. The molecule has 0 nitrogen and oxygen atoms in total. The molecule has 0 spiro atoms. The van der Waals surface area contributed by atoms with Crippen LogP contribution in [-0.4, -0.2) is 0 Å². The van der Waals surface area contributed by atoms with Crippen LogP contribution in [0.1, 0.15) is 59.3 Å². The van der Waals surface area contributed by atoms with Crippen molar-refractivity contribution in [1.82, 2.24) is 0 Å². The van der Waals surface area contributed by atoms with E-state index >= 15 is 0 Å². The fourth-order valence-corrected chi connectivity index (χ4v) is 1.48. The van der Waals surface area contributed by atoms with Crippen LogP contribution >= 0.6 is 0 Å². The van der Waals surface area contributed by atoms with Crippen LogP contribution in [0, 0.1) is 12.3 Å². The topological polar surface area (TPSA) is 0 Å². The molecule has 0 aliphatic carbocycles. The summed E-state index contributed by atoms with van der Waals surface area (Å²) in [5, 5.41) is 0. The number of rotatable bonds is 7. The van der Waals surface area contributed by atoms with E-state index in [0.717, 1.165) is 5.92 Å². The molecule has 0 saturated carbocycles. The Morgan fingerprint density at radius 1 is 1.18 bits per heavy atom. The third-order valence-electron chi connectivity index (χ3n) is 2.22. The van der Waals surface area contributed by atoms with E-state index in [9.17, 15) is 0 Å². The van der Waals surface area contributed by atoms with Crippen molar-refractivity contribution in [2.75, 3.05) is 0 Å². The Bertz CT molecular complexity index is 66.4. The Balaban J connectivity index is 2.97. The van der Waals surface area contributed by atoms with Gasteiger partial charge in [0.2, 0.25) is 0 Å². The third-order valence-corrected chi connectivity index (χ3v) is 2.22. The second-order valence-corrected chi connectivity index (χ2v) is 3.59. The van der Waals surface area contributed by atoms with Gasteiger partial charge in [0, 0.05) is 0 Å². The lowest BCUT2D eigenvalue weighted by molar-refractivity contribution is 0.460. The predicted molar refractivity (Wildman–Crippen MR) is 52.5 cm³/mol. The largest absolute Gasteiger partial charge is 0.0654 e. The lowest BCUT2D eigenvalue weighted by Gasteiger charge is -2.08. The maximum absolute atomic E-state index is 2.37. The van der Waals surface area contributed by atoms with Gasteiger partial charge in [0.15, 0.2) is 0 Å². The van der Waals surface area contributed by atoms with Gasteiger partial charge in [-0.15, -0.1) is 0 Å². The molecule has 0 heterocycles. The molecule has 0 amide bonds. The van der Waals surface area contributed by atoms with E-state index in [2.05, 4.69) is 27.2 Å². The molecule has 11 heavy (non-hydrogen) atoms. The van der Waals surface area contributed by atoms with Crippen LogP contribution in [-0.2, 0) is 0 Å². The average molecular weight is 155 g/mol. The normalized spacial score (nSPS) is 13.4. The van der Waals surface area contributed by atoms with Gasteiger partial charge in [-0.3, -0.25) is 0 Å². The number of hydrogen-bond acceptors (Lipinski definition) is 0. The quantitative estimate of drug-likeness (QED) is 0.483. The zero-order valence-corrected chi connectivity index (χ0v) is 8.40. The molecule has 67 valence electrons. The fraction of sp³-hybridized carbons (Fsp3) is 0.909. The van der Waals surface area contributed by atoms with Crippen LogP contribution in [0.3, 0.4) is 0 Å². The summed E-state index contributed by atoms with van der Waals surface area (Å²) >= 11 is 0. The molecule has 0 rings (SSSR count). The maximum atomic E-state index is 2.37. The Kier molecular flexibility index (Phi) is 8.10. The van der Waals surface area contributed by atoms with Crippen molar-refractivity contribution < 1.29 is 0 Å². The minimum atomic E-state index is 0.955. The van der Waals surface area contributed by atoms with Gasteiger partial charge in [0.1, 0.15) is 0 Å². The van der Waals surface area contributed by atoms with Crippen LogP contribution < -0.4 is 0 Å². The van der Waals surface area contributed by atoms with E-state index in [-0.39, 0.29) is 0 Å². The molecule has 0 heteroatoms. The van der Waals surface area contributed by atoms with Crippen LogP contribution in [0.25, 0.3) is 0 Å². The summed E-state index contributed by atoms with van der Waals surface area (Å²) in [7, 11) is 0. The van der Waals surface area contributed by atoms with E-state index in [1.54, 1.807) is 0 Å². The monoisotopic (exact) mass is 155 g/mol. The molecule has 0 aromatic rings. The second-order valence-electron chi connectivity index (χ2n) is 3.59. The fourth-order valence-electron chi connectivity index (χ4n) is 1.48. The SMILES string of the molecule is C[CH]CCCCC(C)CCC. The first kappa shape index (κ1) is 11.0. The Labute approximate surface area is 72.4 Å². The molecular weight excluding hydrogens is 132 g/mol. The predicted octanol–water partition coefficient (Wildman–Crippen LogP) is 4.21. The smallest absolute Gasteiger partial charge is 0.0417 e. The highest BCUT2D eigenvalue weighted by molar-refractivity contribution is 4.57. The van der Waals surface area contributed by atoms with Gasteiger partial charge < -0.3 is 0 Å². The molecule has 0 saturated heterocycles. The van der Waals surface area contributed by atoms with Crippen molar-refractivity contribution in [3.8, 4) is 0 Å². The van der Waals surface area contributed by atoms with Crippen LogP contribution in [0.15, 0.2) is 0 Å². The number of hydrogen-bond donors (Lipinski definition) is 0. The van der Waals surface area contributed by atoms with Crippen molar-refractivity contribution in [2.45, 2.75) is 59.3 Å². The molecule has 0 aliphatic rings. The summed E-state index contributed by atoms with van der Waals surface area (Å²) in [5.41, 5.74) is 0. The summed E-state index contributed by atoms with van der Waals surface area (Å²) < 4.78 is 0. The first-order valence-corrected chi connectivity index (χ1v) is 5.09. The summed E-state index contributed by atoms with van der Waals surface area (Å²) in [5.74, 6) is 0.955. The van der Waals surface area contributed by atoms with Crippen molar-refractivity contribution >= 4 is 0 Å². The van der Waals surface area contributed by atoms with Crippen molar-refractivity contribution in [1.29, 1.82) is 0 Å². The maximum Gasteiger partial charge on any atom is -0.0417 e. The molecule has 0 bridgehead atoms. The van der Waals surface area contributed by atoms with Gasteiger partial charge >= 0.3 is 0 Å². The van der Waals surface area contributed by atoms with Crippen molar-refractivity contribution in [3.05, 3.63) is 6.42 Å². The molecule has 0 fully saturated rings. The molecule has 1 unspecified atom stereocenters. The Hall–Kier alpha value is 0. The van der Waals surface area contributed by atoms with Crippen LogP contribution in [0.2, 0.25) is 0 Å². The highest BCUT2D eigenvalue weighted by Gasteiger charge is 1.98. The van der Waals surface area contributed by atoms with Gasteiger partial charge in [0.05, 0.1) is 0 Å². The van der Waals surface area contributed by atoms with Gasteiger partial charge in [-0.05, 0) is 12.3 Å². The van der Waals surface area contributed by atoms with Crippen molar-refractivity contribution in [2.24, 2.45) is 5.92 Å². The highest BCUT2D eigenvalue weighted by Crippen LogP contribution is 2.14. The van der Waals surface area contributed by atoms with E-state index in [0.29, 0.717) is 0 Å².